The fourth-order valence-corrected chi connectivity index (χ4v) is 3.51. The molecule has 30 heavy (non-hydrogen) atoms. The average Bonchev–Trinajstić information content (AvgIpc) is 3.44. The molecule has 1 aliphatic heterocycles. The van der Waals surface area contributed by atoms with Gasteiger partial charge in [-0.3, -0.25) is 10.5 Å². The van der Waals surface area contributed by atoms with E-state index in [9.17, 15) is 0 Å². The number of aromatic amines is 1. The Balaban J connectivity index is 1.50. The average molecular weight is 402 g/mol. The Labute approximate surface area is 173 Å². The molecule has 9 nitrogen and oxygen atoms in total. The second-order valence-corrected chi connectivity index (χ2v) is 7.18. The highest BCUT2D eigenvalue weighted by atomic mass is 16.5. The number of H-pyrrole nitrogens is 1. The second kappa shape index (κ2) is 7.96. The molecule has 0 unspecified atom stereocenters. The molecule has 1 saturated heterocycles. The molecule has 5 rings (SSSR count). The van der Waals surface area contributed by atoms with Crippen LogP contribution in [0.2, 0.25) is 0 Å². The van der Waals surface area contributed by atoms with Crippen LogP contribution in [0.25, 0.3) is 16.9 Å². The van der Waals surface area contributed by atoms with Crippen LogP contribution in [0, 0.1) is 6.92 Å². The first-order chi connectivity index (χ1) is 14.8. The summed E-state index contributed by atoms with van der Waals surface area (Å²) < 4.78 is 7.30. The predicted octanol–water partition coefficient (Wildman–Crippen LogP) is 2.71. The van der Waals surface area contributed by atoms with Crippen molar-refractivity contribution in [1.82, 2.24) is 24.8 Å². The van der Waals surface area contributed by atoms with Gasteiger partial charge in [-0.1, -0.05) is 29.8 Å². The monoisotopic (exact) mass is 402 g/mol. The lowest BCUT2D eigenvalue weighted by molar-refractivity contribution is 0.123. The van der Waals surface area contributed by atoms with Crippen molar-refractivity contribution < 1.29 is 4.74 Å². The third-order valence-corrected chi connectivity index (χ3v) is 4.99. The Morgan fingerprint density at radius 2 is 2.13 bits per heavy atom. The summed E-state index contributed by atoms with van der Waals surface area (Å²) in [5.74, 6) is 0.643. The van der Waals surface area contributed by atoms with Gasteiger partial charge in [0.25, 0.3) is 0 Å². The van der Waals surface area contributed by atoms with Crippen molar-refractivity contribution in [3.05, 3.63) is 60.0 Å². The number of morpholine rings is 1. The van der Waals surface area contributed by atoms with Crippen molar-refractivity contribution >= 4 is 23.4 Å². The van der Waals surface area contributed by atoms with Crippen LogP contribution in [0.3, 0.4) is 0 Å². The number of aryl methyl sites for hydroxylation is 1. The van der Waals surface area contributed by atoms with Gasteiger partial charge in [0.15, 0.2) is 11.5 Å². The smallest absolute Gasteiger partial charge is 0.177 e. The van der Waals surface area contributed by atoms with Gasteiger partial charge in [0, 0.05) is 30.9 Å². The van der Waals surface area contributed by atoms with Crippen LogP contribution in [0.15, 0.2) is 54.0 Å². The zero-order valence-electron chi connectivity index (χ0n) is 16.6. The summed E-state index contributed by atoms with van der Waals surface area (Å²) in [5, 5.41) is 15.9. The highest BCUT2D eigenvalue weighted by Gasteiger charge is 2.19. The van der Waals surface area contributed by atoms with Crippen molar-refractivity contribution in [2.45, 2.75) is 6.92 Å². The highest BCUT2D eigenvalue weighted by Crippen LogP contribution is 2.27. The van der Waals surface area contributed by atoms with Gasteiger partial charge in [-0.05, 0) is 12.5 Å². The van der Waals surface area contributed by atoms with Gasteiger partial charge < -0.3 is 9.64 Å². The number of nitrogens with zero attached hydrogens (tertiary/aromatic N) is 6. The van der Waals surface area contributed by atoms with Gasteiger partial charge in [-0.2, -0.15) is 10.2 Å². The Morgan fingerprint density at radius 1 is 1.23 bits per heavy atom. The lowest BCUT2D eigenvalue weighted by Crippen LogP contribution is -2.36. The Bertz CT molecular complexity index is 1180. The first kappa shape index (κ1) is 18.3. The summed E-state index contributed by atoms with van der Waals surface area (Å²) in [7, 11) is 0. The SMILES string of the molecule is Cc1cccc(/C=N/Nc2cc(N3CCOCC3)c3nc(-c4cn[nH]c4)cn3n2)c1. The molecule has 0 bridgehead atoms. The van der Waals surface area contributed by atoms with E-state index in [0.29, 0.717) is 19.0 Å². The molecule has 0 amide bonds. The zero-order chi connectivity index (χ0) is 20.3. The minimum absolute atomic E-state index is 0.643. The van der Waals surface area contributed by atoms with E-state index in [4.69, 9.17) is 9.72 Å². The minimum Gasteiger partial charge on any atom is -0.378 e. The predicted molar refractivity (Wildman–Crippen MR) is 116 cm³/mol. The van der Waals surface area contributed by atoms with Gasteiger partial charge in [-0.25, -0.2) is 9.50 Å². The lowest BCUT2D eigenvalue weighted by atomic mass is 10.2. The fraction of sp³-hybridized carbons (Fsp3) is 0.238. The maximum Gasteiger partial charge on any atom is 0.177 e. The molecule has 4 aromatic rings. The van der Waals surface area contributed by atoms with Gasteiger partial charge in [-0.15, -0.1) is 5.10 Å². The first-order valence-electron chi connectivity index (χ1n) is 9.84. The topological polar surface area (TPSA) is 95.7 Å². The summed E-state index contributed by atoms with van der Waals surface area (Å²) in [6, 6.07) is 10.2. The normalized spacial score (nSPS) is 14.6. The number of fused-ring (bicyclic) bond motifs is 1. The summed E-state index contributed by atoms with van der Waals surface area (Å²) >= 11 is 0. The molecule has 0 radical (unpaired) electrons. The minimum atomic E-state index is 0.643. The number of hydrogen-bond acceptors (Lipinski definition) is 7. The van der Waals surface area contributed by atoms with E-state index in [1.165, 1.54) is 5.56 Å². The maximum absolute atomic E-state index is 5.52. The standard InChI is InChI=1S/C21H22N8O/c1-15-3-2-4-16(9-15)11-24-26-20-10-19(28-5-7-30-8-6-28)21-25-18(14-29(21)27-20)17-12-22-23-13-17/h2-4,9-14H,5-8H2,1H3,(H,22,23)(H,26,27)/b24-11+. The quantitative estimate of drug-likeness (QED) is 0.394. The number of aromatic nitrogens is 5. The van der Waals surface area contributed by atoms with Crippen molar-refractivity contribution in [3.8, 4) is 11.3 Å². The second-order valence-electron chi connectivity index (χ2n) is 7.18. The number of rotatable bonds is 5. The molecule has 4 heterocycles. The fourth-order valence-electron chi connectivity index (χ4n) is 3.51. The van der Waals surface area contributed by atoms with E-state index in [2.05, 4.69) is 49.8 Å². The molecule has 0 saturated carbocycles. The summed E-state index contributed by atoms with van der Waals surface area (Å²) in [6.07, 6.45) is 7.26. The van der Waals surface area contributed by atoms with Gasteiger partial charge >= 0.3 is 0 Å². The number of hydrazone groups is 1. The molecule has 0 spiro atoms. The third-order valence-electron chi connectivity index (χ3n) is 4.99. The largest absolute Gasteiger partial charge is 0.378 e. The number of benzene rings is 1. The number of nitrogens with one attached hydrogen (secondary N) is 2. The Hall–Kier alpha value is -3.72. The number of anilines is 2. The first-order valence-corrected chi connectivity index (χ1v) is 9.84. The summed E-state index contributed by atoms with van der Waals surface area (Å²) in [4.78, 5) is 7.07. The van der Waals surface area contributed by atoms with Crippen LogP contribution < -0.4 is 10.3 Å². The maximum atomic E-state index is 5.52. The number of hydrogen-bond donors (Lipinski definition) is 2. The van der Waals surface area contributed by atoms with Gasteiger partial charge in [0.05, 0.1) is 43.2 Å². The van der Waals surface area contributed by atoms with Crippen LogP contribution in [0.4, 0.5) is 11.5 Å². The van der Waals surface area contributed by atoms with Crippen LogP contribution in [0.5, 0.6) is 0 Å². The molecule has 1 aromatic carbocycles. The molecule has 0 atom stereocenters. The summed E-state index contributed by atoms with van der Waals surface area (Å²) in [5.41, 5.74) is 8.80. The van der Waals surface area contributed by atoms with E-state index in [-0.39, 0.29) is 0 Å². The van der Waals surface area contributed by atoms with Crippen molar-refractivity contribution in [2.75, 3.05) is 36.6 Å². The van der Waals surface area contributed by atoms with E-state index in [0.717, 1.165) is 41.2 Å². The lowest BCUT2D eigenvalue weighted by Gasteiger charge is -2.29. The van der Waals surface area contributed by atoms with Crippen molar-refractivity contribution in [3.63, 3.8) is 0 Å². The number of imidazole rings is 1. The molecule has 1 fully saturated rings. The molecule has 0 aliphatic carbocycles. The van der Waals surface area contributed by atoms with E-state index in [1.807, 2.05) is 30.6 Å². The zero-order valence-corrected chi connectivity index (χ0v) is 16.6. The van der Waals surface area contributed by atoms with Gasteiger partial charge in [0.1, 0.15) is 0 Å². The molecule has 2 N–H and O–H groups in total. The molecule has 9 heteroatoms. The molecule has 3 aromatic heterocycles. The van der Waals surface area contributed by atoms with Crippen molar-refractivity contribution in [2.24, 2.45) is 5.10 Å². The molecule has 1 aliphatic rings. The molecular weight excluding hydrogens is 380 g/mol. The Kier molecular flexibility index (Phi) is 4.86. The van der Waals surface area contributed by atoms with Gasteiger partial charge in [0.2, 0.25) is 0 Å². The highest BCUT2D eigenvalue weighted by molar-refractivity contribution is 5.81. The third kappa shape index (κ3) is 3.74. The van der Waals surface area contributed by atoms with Crippen molar-refractivity contribution in [1.29, 1.82) is 0 Å². The van der Waals surface area contributed by atoms with Crippen LogP contribution in [-0.4, -0.2) is 57.3 Å². The molecule has 152 valence electrons. The molecular formula is C21H22N8O. The van der Waals surface area contributed by atoms with E-state index < -0.39 is 0 Å². The van der Waals surface area contributed by atoms with Crippen LogP contribution in [0.1, 0.15) is 11.1 Å². The van der Waals surface area contributed by atoms with Crippen LogP contribution >= 0.6 is 0 Å². The van der Waals surface area contributed by atoms with E-state index in [1.54, 1.807) is 16.9 Å². The van der Waals surface area contributed by atoms with E-state index >= 15 is 0 Å². The number of ether oxygens (including phenoxy) is 1. The summed E-state index contributed by atoms with van der Waals surface area (Å²) in [6.45, 7) is 5.06. The van der Waals surface area contributed by atoms with Crippen LogP contribution in [-0.2, 0) is 4.74 Å². The Morgan fingerprint density at radius 3 is 2.93 bits per heavy atom.